The summed E-state index contributed by atoms with van der Waals surface area (Å²) in [6.07, 6.45) is 3.08. The molecular weight excluding hydrogens is 393 g/mol. The second kappa shape index (κ2) is 7.81. The van der Waals surface area contributed by atoms with Crippen LogP contribution in [0.1, 0.15) is 29.0 Å². The van der Waals surface area contributed by atoms with E-state index in [-0.39, 0.29) is 5.69 Å². The highest BCUT2D eigenvalue weighted by Crippen LogP contribution is 2.23. The van der Waals surface area contributed by atoms with E-state index in [2.05, 4.69) is 15.5 Å². The van der Waals surface area contributed by atoms with E-state index in [9.17, 15) is 9.59 Å². The number of nitrogens with zero attached hydrogens (tertiary/aromatic N) is 4. The van der Waals surface area contributed by atoms with Crippen LogP contribution >= 0.6 is 23.2 Å². The number of aliphatic carboxylic acids is 1. The molecule has 1 unspecified atom stereocenters. The van der Waals surface area contributed by atoms with E-state index in [0.717, 1.165) is 10.2 Å². The molecule has 0 spiro atoms. The first-order chi connectivity index (χ1) is 12.8. The number of amides is 1. The van der Waals surface area contributed by atoms with Gasteiger partial charge in [0, 0.05) is 18.5 Å². The standard InChI is InChI=1S/C17H15Cl2N5O3/c1-10(17(26)27)24-14(4-6-20-24)16(25)21-15-5-7-23(22-15)9-11-2-3-12(18)13(19)8-11/h2-8,10H,9H2,1H3,(H,26,27)(H,21,22,25). The van der Waals surface area contributed by atoms with Crippen LogP contribution in [0.5, 0.6) is 0 Å². The predicted molar refractivity (Wildman–Crippen MR) is 100 cm³/mol. The van der Waals surface area contributed by atoms with Gasteiger partial charge in [-0.15, -0.1) is 0 Å². The van der Waals surface area contributed by atoms with Crippen LogP contribution in [0.2, 0.25) is 10.0 Å². The van der Waals surface area contributed by atoms with E-state index >= 15 is 0 Å². The molecule has 10 heteroatoms. The molecule has 2 aromatic heterocycles. The summed E-state index contributed by atoms with van der Waals surface area (Å²) in [7, 11) is 0. The Hall–Kier alpha value is -2.84. The highest BCUT2D eigenvalue weighted by Gasteiger charge is 2.21. The average molecular weight is 408 g/mol. The number of carbonyl (C=O) groups is 2. The van der Waals surface area contributed by atoms with Crippen LogP contribution in [0.3, 0.4) is 0 Å². The third-order valence-corrected chi connectivity index (χ3v) is 4.58. The van der Waals surface area contributed by atoms with Crippen LogP contribution in [-0.2, 0) is 11.3 Å². The maximum Gasteiger partial charge on any atom is 0.328 e. The summed E-state index contributed by atoms with van der Waals surface area (Å²) in [6.45, 7) is 1.89. The van der Waals surface area contributed by atoms with Crippen molar-refractivity contribution in [1.29, 1.82) is 0 Å². The summed E-state index contributed by atoms with van der Waals surface area (Å²) < 4.78 is 2.77. The summed E-state index contributed by atoms with van der Waals surface area (Å²) in [6, 6.07) is 7.40. The van der Waals surface area contributed by atoms with E-state index in [4.69, 9.17) is 28.3 Å². The molecule has 3 aromatic rings. The largest absolute Gasteiger partial charge is 0.480 e. The van der Waals surface area contributed by atoms with Gasteiger partial charge in [-0.1, -0.05) is 29.3 Å². The Morgan fingerprint density at radius 1 is 1.22 bits per heavy atom. The number of nitrogens with one attached hydrogen (secondary N) is 1. The second-order valence-electron chi connectivity index (χ2n) is 5.78. The number of benzene rings is 1. The van der Waals surface area contributed by atoms with Gasteiger partial charge in [0.1, 0.15) is 11.7 Å². The highest BCUT2D eigenvalue weighted by molar-refractivity contribution is 6.42. The van der Waals surface area contributed by atoms with Crippen LogP contribution in [0.15, 0.2) is 42.7 Å². The molecule has 0 bridgehead atoms. The number of carbonyl (C=O) groups excluding carboxylic acids is 1. The Labute approximate surface area is 164 Å². The molecule has 2 heterocycles. The molecule has 140 valence electrons. The van der Waals surface area contributed by atoms with E-state index in [1.165, 1.54) is 19.2 Å². The molecule has 27 heavy (non-hydrogen) atoms. The molecule has 0 saturated carbocycles. The first-order valence-electron chi connectivity index (χ1n) is 7.90. The summed E-state index contributed by atoms with van der Waals surface area (Å²) in [4.78, 5) is 23.6. The van der Waals surface area contributed by atoms with Gasteiger partial charge in [0.05, 0.1) is 16.6 Å². The molecule has 2 N–H and O–H groups in total. The van der Waals surface area contributed by atoms with Gasteiger partial charge in [-0.2, -0.15) is 10.2 Å². The predicted octanol–water partition coefficient (Wildman–Crippen LogP) is 3.33. The summed E-state index contributed by atoms with van der Waals surface area (Å²) in [5.74, 6) is -1.25. The zero-order valence-corrected chi connectivity index (χ0v) is 15.6. The number of aromatic nitrogens is 4. The minimum absolute atomic E-state index is 0.129. The maximum atomic E-state index is 12.4. The van der Waals surface area contributed by atoms with Crippen molar-refractivity contribution in [3.05, 3.63) is 64.0 Å². The van der Waals surface area contributed by atoms with Crippen molar-refractivity contribution >= 4 is 40.9 Å². The lowest BCUT2D eigenvalue weighted by Crippen LogP contribution is -2.24. The summed E-state index contributed by atoms with van der Waals surface area (Å²) in [5.41, 5.74) is 1.03. The first-order valence-corrected chi connectivity index (χ1v) is 8.66. The molecule has 0 radical (unpaired) electrons. The number of halogens is 2. The second-order valence-corrected chi connectivity index (χ2v) is 6.59. The van der Waals surface area contributed by atoms with Gasteiger partial charge in [0.25, 0.3) is 5.91 Å². The van der Waals surface area contributed by atoms with E-state index in [0.29, 0.717) is 22.4 Å². The molecular formula is C17H15Cl2N5O3. The molecule has 0 saturated heterocycles. The van der Waals surface area contributed by atoms with Crippen LogP contribution in [0, 0.1) is 0 Å². The van der Waals surface area contributed by atoms with E-state index in [1.807, 2.05) is 6.07 Å². The number of carboxylic acids is 1. The monoisotopic (exact) mass is 407 g/mol. The molecule has 0 fully saturated rings. The molecule has 0 aliphatic carbocycles. The van der Waals surface area contributed by atoms with Gasteiger partial charge >= 0.3 is 5.97 Å². The molecule has 3 rings (SSSR count). The lowest BCUT2D eigenvalue weighted by molar-refractivity contribution is -0.140. The van der Waals surface area contributed by atoms with Crippen LogP contribution < -0.4 is 5.32 Å². The SMILES string of the molecule is CC(C(=O)O)n1nccc1C(=O)Nc1ccn(Cc2ccc(Cl)c(Cl)c2)n1. The highest BCUT2D eigenvalue weighted by atomic mass is 35.5. The van der Waals surface area contributed by atoms with Crippen molar-refractivity contribution in [3.63, 3.8) is 0 Å². The van der Waals surface area contributed by atoms with E-state index in [1.54, 1.807) is 29.1 Å². The van der Waals surface area contributed by atoms with Crippen LogP contribution in [-0.4, -0.2) is 36.5 Å². The Morgan fingerprint density at radius 2 is 2.00 bits per heavy atom. The normalized spacial score (nSPS) is 12.0. The zero-order chi connectivity index (χ0) is 19.6. The maximum absolute atomic E-state index is 12.4. The average Bonchev–Trinajstić information content (AvgIpc) is 3.27. The van der Waals surface area contributed by atoms with E-state index < -0.39 is 17.9 Å². The minimum atomic E-state index is -1.08. The fraction of sp³-hybridized carbons (Fsp3) is 0.176. The van der Waals surface area contributed by atoms with Crippen molar-refractivity contribution in [2.24, 2.45) is 0 Å². The Morgan fingerprint density at radius 3 is 2.70 bits per heavy atom. The first kappa shape index (κ1) is 18.9. The molecule has 0 aliphatic heterocycles. The van der Waals surface area contributed by atoms with Gasteiger partial charge in [0.15, 0.2) is 5.82 Å². The Bertz CT molecular complexity index is 998. The molecule has 1 atom stereocenters. The van der Waals surface area contributed by atoms with Crippen molar-refractivity contribution < 1.29 is 14.7 Å². The molecule has 1 amide bonds. The lowest BCUT2D eigenvalue weighted by atomic mass is 10.2. The fourth-order valence-electron chi connectivity index (χ4n) is 2.43. The fourth-order valence-corrected chi connectivity index (χ4v) is 2.75. The quantitative estimate of drug-likeness (QED) is 0.652. The van der Waals surface area contributed by atoms with Crippen molar-refractivity contribution in [2.75, 3.05) is 5.32 Å². The molecule has 1 aromatic carbocycles. The smallest absolute Gasteiger partial charge is 0.328 e. The number of rotatable bonds is 6. The lowest BCUT2D eigenvalue weighted by Gasteiger charge is -2.10. The van der Waals surface area contributed by atoms with Gasteiger partial charge in [-0.3, -0.25) is 9.48 Å². The van der Waals surface area contributed by atoms with Crippen LogP contribution in [0.4, 0.5) is 5.82 Å². The van der Waals surface area contributed by atoms with Crippen molar-refractivity contribution in [3.8, 4) is 0 Å². The Balaban J connectivity index is 1.71. The number of carboxylic acid groups (broad SMARTS) is 1. The third kappa shape index (κ3) is 4.29. The van der Waals surface area contributed by atoms with Crippen LogP contribution in [0.25, 0.3) is 0 Å². The van der Waals surface area contributed by atoms with Gasteiger partial charge < -0.3 is 10.4 Å². The summed E-state index contributed by atoms with van der Waals surface area (Å²) in [5, 5.41) is 20.8. The van der Waals surface area contributed by atoms with Crippen molar-refractivity contribution in [1.82, 2.24) is 19.6 Å². The molecule has 0 aliphatic rings. The summed E-state index contributed by atoms with van der Waals surface area (Å²) >= 11 is 11.9. The van der Waals surface area contributed by atoms with Crippen molar-refractivity contribution in [2.45, 2.75) is 19.5 Å². The zero-order valence-electron chi connectivity index (χ0n) is 14.1. The number of hydrogen-bond donors (Lipinski definition) is 2. The van der Waals surface area contributed by atoms with Gasteiger partial charge in [-0.25, -0.2) is 9.48 Å². The van der Waals surface area contributed by atoms with Gasteiger partial charge in [-0.05, 0) is 30.7 Å². The Kier molecular flexibility index (Phi) is 5.48. The third-order valence-electron chi connectivity index (χ3n) is 3.84. The number of anilines is 1. The van der Waals surface area contributed by atoms with Gasteiger partial charge in [0.2, 0.25) is 0 Å². The molecule has 8 nitrogen and oxygen atoms in total. The number of hydrogen-bond acceptors (Lipinski definition) is 4. The minimum Gasteiger partial charge on any atom is -0.480 e. The topological polar surface area (TPSA) is 102 Å².